The number of Topliss-reactive ketones (excluding diaryl/α,β-unsaturated/α-hetero) is 1. The van der Waals surface area contributed by atoms with E-state index in [-0.39, 0.29) is 6.42 Å². The number of carbonyl (C=O) groups is 2. The Balaban J connectivity index is 3.97. The van der Waals surface area contributed by atoms with Crippen molar-refractivity contribution in [1.82, 2.24) is 0 Å². The molecule has 0 aliphatic rings. The topological polar surface area (TPSA) is 43.4 Å². The van der Waals surface area contributed by atoms with Crippen molar-refractivity contribution < 1.29 is 14.3 Å². The van der Waals surface area contributed by atoms with Crippen LogP contribution in [0.2, 0.25) is 0 Å². The van der Waals surface area contributed by atoms with Crippen LogP contribution in [-0.4, -0.2) is 17.4 Å². The van der Waals surface area contributed by atoms with E-state index in [2.05, 4.69) is 6.58 Å². The first-order valence-corrected chi connectivity index (χ1v) is 4.24. The molecule has 0 rings (SSSR count). The first kappa shape index (κ1) is 11.9. The Morgan fingerprint density at radius 3 is 2.31 bits per heavy atom. The number of rotatable bonds is 4. The highest BCUT2D eigenvalue weighted by Crippen LogP contribution is 2.08. The highest BCUT2D eigenvalue weighted by Gasteiger charge is 2.21. The third kappa shape index (κ3) is 6.08. The maximum Gasteiger partial charge on any atom is 0.375 e. The molecule has 0 spiro atoms. The number of hydrogen-bond donors (Lipinski definition) is 0. The molecule has 0 fully saturated rings. The lowest BCUT2D eigenvalue weighted by Gasteiger charge is -2.18. The van der Waals surface area contributed by atoms with Crippen LogP contribution in [0.5, 0.6) is 0 Å². The Bertz CT molecular complexity index is 211. The molecule has 3 heteroatoms. The van der Waals surface area contributed by atoms with Gasteiger partial charge in [0, 0.05) is 6.42 Å². The summed E-state index contributed by atoms with van der Waals surface area (Å²) >= 11 is 0. The van der Waals surface area contributed by atoms with Crippen molar-refractivity contribution in [1.29, 1.82) is 0 Å². The predicted octanol–water partition coefficient (Wildman–Crippen LogP) is 1.86. The number of ether oxygens (including phenoxy) is 1. The fraction of sp³-hybridized carbons (Fsp3) is 0.600. The van der Waals surface area contributed by atoms with Crippen LogP contribution < -0.4 is 0 Å². The molecule has 74 valence electrons. The van der Waals surface area contributed by atoms with Gasteiger partial charge in [0.1, 0.15) is 5.60 Å². The largest absolute Gasteiger partial charge is 0.454 e. The molecule has 0 radical (unpaired) electrons. The molecular formula is C10H16O3. The van der Waals surface area contributed by atoms with Crippen LogP contribution in [0.3, 0.4) is 0 Å². The Kier molecular flexibility index (Phi) is 4.38. The maximum absolute atomic E-state index is 11.1. The van der Waals surface area contributed by atoms with Gasteiger partial charge in [-0.25, -0.2) is 4.79 Å². The number of ketones is 1. The molecule has 0 aromatic rings. The molecule has 0 amide bonds. The Labute approximate surface area is 78.8 Å². The van der Waals surface area contributed by atoms with Crippen LogP contribution in [0.4, 0.5) is 0 Å². The molecule has 0 saturated heterocycles. The average molecular weight is 184 g/mol. The van der Waals surface area contributed by atoms with Gasteiger partial charge in [-0.15, -0.1) is 6.58 Å². The van der Waals surface area contributed by atoms with Gasteiger partial charge < -0.3 is 4.74 Å². The van der Waals surface area contributed by atoms with Gasteiger partial charge in [0.05, 0.1) is 0 Å². The van der Waals surface area contributed by atoms with Crippen LogP contribution in [-0.2, 0) is 14.3 Å². The van der Waals surface area contributed by atoms with Gasteiger partial charge in [0.25, 0.3) is 0 Å². The van der Waals surface area contributed by atoms with Gasteiger partial charge in [-0.05, 0) is 27.2 Å². The quantitative estimate of drug-likeness (QED) is 0.380. The standard InChI is InChI=1S/C10H16O3/c1-5-6-7-8(11)9(12)13-10(2,3)4/h5H,1,6-7H2,2-4H3. The summed E-state index contributed by atoms with van der Waals surface area (Å²) in [6.07, 6.45) is 2.29. The lowest BCUT2D eigenvalue weighted by atomic mass is 10.2. The van der Waals surface area contributed by atoms with Crippen molar-refractivity contribution >= 4 is 11.8 Å². The van der Waals surface area contributed by atoms with Crippen LogP contribution in [0.1, 0.15) is 33.6 Å². The minimum atomic E-state index is -0.755. The number of esters is 1. The van der Waals surface area contributed by atoms with Crippen molar-refractivity contribution in [2.24, 2.45) is 0 Å². The second-order valence-corrected chi connectivity index (χ2v) is 3.75. The molecular weight excluding hydrogens is 168 g/mol. The van der Waals surface area contributed by atoms with E-state index in [0.717, 1.165) is 0 Å². The highest BCUT2D eigenvalue weighted by atomic mass is 16.6. The van der Waals surface area contributed by atoms with E-state index in [9.17, 15) is 9.59 Å². The summed E-state index contributed by atoms with van der Waals surface area (Å²) in [6, 6.07) is 0. The minimum absolute atomic E-state index is 0.179. The molecule has 13 heavy (non-hydrogen) atoms. The summed E-state index contributed by atoms with van der Waals surface area (Å²) in [5.74, 6) is -1.25. The van der Waals surface area contributed by atoms with Crippen molar-refractivity contribution in [3.63, 3.8) is 0 Å². The van der Waals surface area contributed by atoms with Gasteiger partial charge in [0.15, 0.2) is 0 Å². The fourth-order valence-electron chi connectivity index (χ4n) is 0.670. The van der Waals surface area contributed by atoms with Gasteiger partial charge in [0.2, 0.25) is 5.78 Å². The zero-order valence-corrected chi connectivity index (χ0v) is 8.42. The number of allylic oxidation sites excluding steroid dienone is 1. The zero-order valence-electron chi connectivity index (χ0n) is 8.42. The third-order valence-corrected chi connectivity index (χ3v) is 1.20. The Morgan fingerprint density at radius 1 is 1.38 bits per heavy atom. The number of hydrogen-bond acceptors (Lipinski definition) is 3. The van der Waals surface area contributed by atoms with E-state index in [0.29, 0.717) is 6.42 Å². The lowest BCUT2D eigenvalue weighted by molar-refractivity contribution is -0.162. The van der Waals surface area contributed by atoms with Gasteiger partial charge in [-0.3, -0.25) is 4.79 Å². The van der Waals surface area contributed by atoms with Crippen LogP contribution in [0, 0.1) is 0 Å². The molecule has 0 saturated carbocycles. The van der Waals surface area contributed by atoms with E-state index < -0.39 is 17.4 Å². The molecule has 0 aromatic heterocycles. The molecule has 0 aromatic carbocycles. The maximum atomic E-state index is 11.1. The van der Waals surface area contributed by atoms with E-state index in [4.69, 9.17) is 4.74 Å². The molecule has 0 heterocycles. The SMILES string of the molecule is C=CCCC(=O)C(=O)OC(C)(C)C. The van der Waals surface area contributed by atoms with Crippen LogP contribution in [0.15, 0.2) is 12.7 Å². The molecule has 0 N–H and O–H groups in total. The fourth-order valence-corrected chi connectivity index (χ4v) is 0.670. The van der Waals surface area contributed by atoms with Gasteiger partial charge >= 0.3 is 5.97 Å². The predicted molar refractivity (Wildman–Crippen MR) is 50.3 cm³/mol. The minimum Gasteiger partial charge on any atom is -0.454 e. The van der Waals surface area contributed by atoms with Crippen molar-refractivity contribution in [3.8, 4) is 0 Å². The molecule has 0 atom stereocenters. The first-order valence-electron chi connectivity index (χ1n) is 4.24. The Hall–Kier alpha value is -1.12. The summed E-state index contributed by atoms with van der Waals surface area (Å²) in [5, 5.41) is 0. The van der Waals surface area contributed by atoms with E-state index in [1.807, 2.05) is 0 Å². The summed E-state index contributed by atoms with van der Waals surface area (Å²) in [6.45, 7) is 8.65. The number of carbonyl (C=O) groups excluding carboxylic acids is 2. The van der Waals surface area contributed by atoms with Crippen LogP contribution >= 0.6 is 0 Å². The normalized spacial score (nSPS) is 10.7. The summed E-state index contributed by atoms with van der Waals surface area (Å²) < 4.78 is 4.87. The smallest absolute Gasteiger partial charge is 0.375 e. The Morgan fingerprint density at radius 2 is 1.92 bits per heavy atom. The first-order chi connectivity index (χ1) is 5.87. The molecule has 0 unspecified atom stereocenters. The zero-order chi connectivity index (χ0) is 10.5. The molecule has 3 nitrogen and oxygen atoms in total. The van der Waals surface area contributed by atoms with Gasteiger partial charge in [-0.2, -0.15) is 0 Å². The van der Waals surface area contributed by atoms with E-state index >= 15 is 0 Å². The summed E-state index contributed by atoms with van der Waals surface area (Å²) in [7, 11) is 0. The molecule has 0 aliphatic heterocycles. The molecule has 0 aliphatic carbocycles. The third-order valence-electron chi connectivity index (χ3n) is 1.20. The lowest BCUT2D eigenvalue weighted by Crippen LogP contribution is -2.28. The highest BCUT2D eigenvalue weighted by molar-refractivity contribution is 6.33. The van der Waals surface area contributed by atoms with Gasteiger partial charge in [-0.1, -0.05) is 6.08 Å². The van der Waals surface area contributed by atoms with Crippen molar-refractivity contribution in [2.75, 3.05) is 0 Å². The van der Waals surface area contributed by atoms with Crippen molar-refractivity contribution in [2.45, 2.75) is 39.2 Å². The van der Waals surface area contributed by atoms with Crippen LogP contribution in [0.25, 0.3) is 0 Å². The second-order valence-electron chi connectivity index (χ2n) is 3.75. The summed E-state index contributed by atoms with van der Waals surface area (Å²) in [4.78, 5) is 22.1. The molecule has 0 bridgehead atoms. The average Bonchev–Trinajstić information content (AvgIpc) is 1.96. The summed E-state index contributed by atoms with van der Waals surface area (Å²) in [5.41, 5.74) is -0.596. The monoisotopic (exact) mass is 184 g/mol. The second kappa shape index (κ2) is 4.80. The van der Waals surface area contributed by atoms with Crippen molar-refractivity contribution in [3.05, 3.63) is 12.7 Å². The van der Waals surface area contributed by atoms with E-state index in [1.165, 1.54) is 0 Å². The van der Waals surface area contributed by atoms with E-state index in [1.54, 1.807) is 26.8 Å².